The van der Waals surface area contributed by atoms with E-state index in [9.17, 15) is 9.90 Å². The van der Waals surface area contributed by atoms with E-state index in [-0.39, 0.29) is 11.3 Å². The van der Waals surface area contributed by atoms with Crippen LogP contribution in [0.15, 0.2) is 47.4 Å². The van der Waals surface area contributed by atoms with E-state index >= 15 is 0 Å². The van der Waals surface area contributed by atoms with Gasteiger partial charge >= 0.3 is 0 Å². The monoisotopic (exact) mass is 352 g/mol. The first kappa shape index (κ1) is 16.4. The number of benzene rings is 1. The maximum atomic E-state index is 12.6. The summed E-state index contributed by atoms with van der Waals surface area (Å²) in [4.78, 5) is 19.4. The van der Waals surface area contributed by atoms with E-state index in [0.29, 0.717) is 24.7 Å². The third kappa shape index (κ3) is 3.21. The molecule has 1 fully saturated rings. The molecular formula is C19H20N4O3. The molecule has 0 bridgehead atoms. The standard InChI is InChI=1S/C19H20N4O3/c1-13-10-16(20-14-2-4-15(24)5-3-14)19-21-17(11-18(25)23(19)12-13)22-6-8-26-9-7-22/h2-5,10-12,20,24H,6-9H2,1H3. The van der Waals surface area contributed by atoms with Crippen LogP contribution in [0.4, 0.5) is 17.2 Å². The molecule has 4 rings (SSSR count). The molecule has 1 aliphatic heterocycles. The van der Waals surface area contributed by atoms with Gasteiger partial charge in [0.25, 0.3) is 5.56 Å². The number of aromatic nitrogens is 2. The maximum absolute atomic E-state index is 12.6. The van der Waals surface area contributed by atoms with Crippen molar-refractivity contribution in [2.75, 3.05) is 36.5 Å². The third-order valence-corrected chi connectivity index (χ3v) is 4.37. The second kappa shape index (κ2) is 6.68. The minimum atomic E-state index is -0.117. The number of nitrogens with one attached hydrogen (secondary N) is 1. The van der Waals surface area contributed by atoms with Crippen LogP contribution in [0.5, 0.6) is 5.75 Å². The second-order valence-electron chi connectivity index (χ2n) is 6.35. The third-order valence-electron chi connectivity index (χ3n) is 4.37. The molecule has 1 aromatic carbocycles. The zero-order valence-electron chi connectivity index (χ0n) is 14.5. The Morgan fingerprint density at radius 1 is 1.15 bits per heavy atom. The summed E-state index contributed by atoms with van der Waals surface area (Å²) in [5.41, 5.74) is 2.94. The van der Waals surface area contributed by atoms with Crippen LogP contribution in [0.1, 0.15) is 5.56 Å². The van der Waals surface area contributed by atoms with Gasteiger partial charge in [0, 0.05) is 31.0 Å². The van der Waals surface area contributed by atoms with Crippen LogP contribution < -0.4 is 15.8 Å². The molecule has 0 spiro atoms. The van der Waals surface area contributed by atoms with Crippen LogP contribution in [0.25, 0.3) is 5.65 Å². The maximum Gasteiger partial charge on any atom is 0.260 e. The van der Waals surface area contributed by atoms with Gasteiger partial charge in [-0.15, -0.1) is 0 Å². The molecule has 0 atom stereocenters. The van der Waals surface area contributed by atoms with E-state index in [1.807, 2.05) is 13.0 Å². The van der Waals surface area contributed by atoms with Gasteiger partial charge in [0.05, 0.1) is 18.9 Å². The fourth-order valence-corrected chi connectivity index (χ4v) is 3.07. The number of ether oxygens (including phenoxy) is 1. The van der Waals surface area contributed by atoms with E-state index in [2.05, 4.69) is 10.2 Å². The first-order valence-electron chi connectivity index (χ1n) is 8.53. The van der Waals surface area contributed by atoms with Crippen LogP contribution >= 0.6 is 0 Å². The molecule has 7 nitrogen and oxygen atoms in total. The van der Waals surface area contributed by atoms with E-state index in [1.165, 1.54) is 0 Å². The molecule has 134 valence electrons. The summed E-state index contributed by atoms with van der Waals surface area (Å²) >= 11 is 0. The molecule has 0 unspecified atom stereocenters. The quantitative estimate of drug-likeness (QED) is 0.704. The molecule has 0 aliphatic carbocycles. The van der Waals surface area contributed by atoms with E-state index in [1.54, 1.807) is 40.9 Å². The predicted molar refractivity (Wildman–Crippen MR) is 101 cm³/mol. The van der Waals surface area contributed by atoms with Gasteiger partial charge < -0.3 is 20.1 Å². The normalized spacial score (nSPS) is 14.6. The van der Waals surface area contributed by atoms with Gasteiger partial charge in [0.15, 0.2) is 5.65 Å². The summed E-state index contributed by atoms with van der Waals surface area (Å²) in [5, 5.41) is 12.8. The van der Waals surface area contributed by atoms with Crippen molar-refractivity contribution >= 4 is 22.8 Å². The van der Waals surface area contributed by atoms with Crippen LogP contribution in [0, 0.1) is 6.92 Å². The number of pyridine rings is 1. The molecule has 3 aromatic rings. The molecule has 2 aromatic heterocycles. The number of fused-ring (bicyclic) bond motifs is 1. The number of hydrogen-bond donors (Lipinski definition) is 2. The molecule has 2 N–H and O–H groups in total. The summed E-state index contributed by atoms with van der Waals surface area (Å²) in [6.07, 6.45) is 1.79. The Bertz CT molecular complexity index is 992. The number of phenols is 1. The summed E-state index contributed by atoms with van der Waals surface area (Å²) in [5.74, 6) is 0.865. The largest absolute Gasteiger partial charge is 0.508 e. The number of hydrogen-bond acceptors (Lipinski definition) is 6. The number of phenolic OH excluding ortho intramolecular Hbond substituents is 1. The molecule has 7 heteroatoms. The predicted octanol–water partition coefficient (Wildman–Crippen LogP) is 2.29. The lowest BCUT2D eigenvalue weighted by atomic mass is 10.2. The van der Waals surface area contributed by atoms with E-state index in [0.717, 1.165) is 30.0 Å². The van der Waals surface area contributed by atoms with E-state index < -0.39 is 0 Å². The number of aryl methyl sites for hydroxylation is 1. The zero-order valence-corrected chi connectivity index (χ0v) is 14.5. The molecule has 1 aliphatic rings. The number of rotatable bonds is 3. The highest BCUT2D eigenvalue weighted by molar-refractivity contribution is 5.75. The van der Waals surface area contributed by atoms with Gasteiger partial charge in [-0.25, -0.2) is 4.98 Å². The van der Waals surface area contributed by atoms with E-state index in [4.69, 9.17) is 9.72 Å². The fraction of sp³-hybridized carbons (Fsp3) is 0.263. The highest BCUT2D eigenvalue weighted by Gasteiger charge is 2.16. The van der Waals surface area contributed by atoms with Crippen molar-refractivity contribution in [1.82, 2.24) is 9.38 Å². The Labute approximate surface area is 150 Å². The Morgan fingerprint density at radius 2 is 1.88 bits per heavy atom. The topological polar surface area (TPSA) is 79.1 Å². The number of anilines is 3. The first-order valence-corrected chi connectivity index (χ1v) is 8.53. The Morgan fingerprint density at radius 3 is 2.62 bits per heavy atom. The molecule has 0 saturated carbocycles. The summed E-state index contributed by atoms with van der Waals surface area (Å²) in [6, 6.07) is 10.3. The van der Waals surface area contributed by atoms with Crippen molar-refractivity contribution in [1.29, 1.82) is 0 Å². The first-order chi connectivity index (χ1) is 12.6. The van der Waals surface area contributed by atoms with Crippen molar-refractivity contribution in [3.05, 3.63) is 58.5 Å². The van der Waals surface area contributed by atoms with Crippen LogP contribution in [0.3, 0.4) is 0 Å². The molecule has 0 radical (unpaired) electrons. The fourth-order valence-electron chi connectivity index (χ4n) is 3.07. The Balaban J connectivity index is 1.81. The van der Waals surface area contributed by atoms with Crippen molar-refractivity contribution < 1.29 is 9.84 Å². The smallest absolute Gasteiger partial charge is 0.260 e. The number of nitrogens with zero attached hydrogens (tertiary/aromatic N) is 3. The van der Waals surface area contributed by atoms with Crippen LogP contribution in [0.2, 0.25) is 0 Å². The van der Waals surface area contributed by atoms with Crippen molar-refractivity contribution in [2.24, 2.45) is 0 Å². The van der Waals surface area contributed by atoms with Gasteiger partial charge in [-0.2, -0.15) is 0 Å². The minimum Gasteiger partial charge on any atom is -0.508 e. The lowest BCUT2D eigenvalue weighted by Gasteiger charge is -2.28. The highest BCUT2D eigenvalue weighted by atomic mass is 16.5. The molecule has 0 amide bonds. The highest BCUT2D eigenvalue weighted by Crippen LogP contribution is 2.24. The average molecular weight is 352 g/mol. The van der Waals surface area contributed by atoms with Gasteiger partial charge in [-0.3, -0.25) is 9.20 Å². The number of morpholine rings is 1. The number of aromatic hydroxyl groups is 1. The van der Waals surface area contributed by atoms with Crippen LogP contribution in [-0.4, -0.2) is 40.8 Å². The minimum absolute atomic E-state index is 0.117. The summed E-state index contributed by atoms with van der Waals surface area (Å²) in [7, 11) is 0. The Kier molecular flexibility index (Phi) is 4.22. The SMILES string of the molecule is Cc1cc(Nc2ccc(O)cc2)c2nc(N3CCOCC3)cc(=O)n2c1. The van der Waals surface area contributed by atoms with Crippen LogP contribution in [-0.2, 0) is 4.74 Å². The lowest BCUT2D eigenvalue weighted by Crippen LogP contribution is -2.37. The molecular weight excluding hydrogens is 332 g/mol. The van der Waals surface area contributed by atoms with Gasteiger partial charge in [0.1, 0.15) is 11.6 Å². The Hall–Kier alpha value is -3.06. The zero-order chi connectivity index (χ0) is 18.1. The molecule has 1 saturated heterocycles. The summed E-state index contributed by atoms with van der Waals surface area (Å²) < 4.78 is 6.94. The van der Waals surface area contributed by atoms with Gasteiger partial charge in [-0.1, -0.05) is 0 Å². The van der Waals surface area contributed by atoms with Crippen molar-refractivity contribution in [2.45, 2.75) is 6.92 Å². The molecule has 26 heavy (non-hydrogen) atoms. The van der Waals surface area contributed by atoms with Gasteiger partial charge in [-0.05, 0) is 42.8 Å². The lowest BCUT2D eigenvalue weighted by molar-refractivity contribution is 0.122. The average Bonchev–Trinajstić information content (AvgIpc) is 2.65. The van der Waals surface area contributed by atoms with Crippen molar-refractivity contribution in [3.8, 4) is 5.75 Å². The summed E-state index contributed by atoms with van der Waals surface area (Å²) in [6.45, 7) is 4.63. The van der Waals surface area contributed by atoms with Gasteiger partial charge in [0.2, 0.25) is 0 Å². The second-order valence-corrected chi connectivity index (χ2v) is 6.35. The van der Waals surface area contributed by atoms with Crippen molar-refractivity contribution in [3.63, 3.8) is 0 Å². The molecule has 3 heterocycles.